The number of likely N-dealkylation sites (tertiary alicyclic amines) is 1. The number of para-hydroxylation sites is 1. The maximum Gasteiger partial charge on any atom is 0.143 e. The second-order valence-corrected chi connectivity index (χ2v) is 6.46. The van der Waals surface area contributed by atoms with Crippen LogP contribution in [-0.4, -0.2) is 34.7 Å². The number of benzene rings is 1. The van der Waals surface area contributed by atoms with Crippen LogP contribution >= 0.6 is 11.6 Å². The second-order valence-electron chi connectivity index (χ2n) is 6.06. The van der Waals surface area contributed by atoms with Crippen LogP contribution in [0.5, 0.6) is 5.75 Å². The lowest BCUT2D eigenvalue weighted by Gasteiger charge is -2.47. The molecule has 3 nitrogen and oxygen atoms in total. The van der Waals surface area contributed by atoms with Crippen molar-refractivity contribution in [3.63, 3.8) is 0 Å². The topological polar surface area (TPSA) is 32.7 Å². The van der Waals surface area contributed by atoms with Crippen molar-refractivity contribution in [1.29, 1.82) is 0 Å². The van der Waals surface area contributed by atoms with Crippen LogP contribution in [0.2, 0.25) is 5.02 Å². The van der Waals surface area contributed by atoms with E-state index in [4.69, 9.17) is 16.3 Å². The molecule has 1 aromatic rings. The van der Waals surface area contributed by atoms with E-state index in [-0.39, 0.29) is 6.04 Å². The van der Waals surface area contributed by atoms with Gasteiger partial charge in [-0.25, -0.2) is 0 Å². The highest BCUT2D eigenvalue weighted by Gasteiger charge is 2.39. The Morgan fingerprint density at radius 2 is 1.95 bits per heavy atom. The van der Waals surface area contributed by atoms with Gasteiger partial charge in [-0.1, -0.05) is 30.2 Å². The lowest BCUT2D eigenvalue weighted by molar-refractivity contribution is -0.0470. The van der Waals surface area contributed by atoms with Crippen molar-refractivity contribution in [3.8, 4) is 5.75 Å². The highest BCUT2D eigenvalue weighted by Crippen LogP contribution is 2.41. The minimum absolute atomic E-state index is 0.0197. The molecule has 110 valence electrons. The van der Waals surface area contributed by atoms with Crippen molar-refractivity contribution < 1.29 is 9.84 Å². The summed E-state index contributed by atoms with van der Waals surface area (Å²) in [5, 5.41) is 11.3. The summed E-state index contributed by atoms with van der Waals surface area (Å²) >= 11 is 6.15. The fraction of sp³-hybridized carbons (Fsp3) is 0.625. The molecule has 2 aliphatic rings. The Bertz CT molecular complexity index is 483. The smallest absolute Gasteiger partial charge is 0.143 e. The zero-order chi connectivity index (χ0) is 14.3. The molecule has 3 rings (SSSR count). The van der Waals surface area contributed by atoms with Crippen molar-refractivity contribution >= 4 is 11.6 Å². The van der Waals surface area contributed by atoms with Gasteiger partial charge < -0.3 is 9.84 Å². The van der Waals surface area contributed by atoms with E-state index in [1.54, 1.807) is 6.07 Å². The predicted octanol–water partition coefficient (Wildman–Crippen LogP) is 3.40. The van der Waals surface area contributed by atoms with Gasteiger partial charge in [-0.2, -0.15) is 0 Å². The highest BCUT2D eigenvalue weighted by atomic mass is 35.5. The predicted molar refractivity (Wildman–Crippen MR) is 80.3 cm³/mol. The zero-order valence-electron chi connectivity index (χ0n) is 12.1. The third-order valence-corrected chi connectivity index (χ3v) is 5.02. The van der Waals surface area contributed by atoms with E-state index in [1.807, 2.05) is 12.1 Å². The first-order chi connectivity index (χ1) is 9.59. The standard InChI is InChI=1S/C16H22ClNO2/c1-10-5-3-6-11(2)18(10)14-9-20-16-12(15(14)19)7-4-8-13(16)17/h4,7-8,10-11,14-15,19H,3,5-6,9H2,1-2H3. The number of hydrogen-bond donors (Lipinski definition) is 1. The molecule has 0 radical (unpaired) electrons. The SMILES string of the molecule is CC1CCCC(C)N1C1COc2c(Cl)cccc2C1O. The zero-order valence-corrected chi connectivity index (χ0v) is 12.8. The molecule has 2 aliphatic heterocycles. The first-order valence-electron chi connectivity index (χ1n) is 7.46. The molecule has 0 bridgehead atoms. The average Bonchev–Trinajstić information content (AvgIpc) is 2.42. The van der Waals surface area contributed by atoms with Crippen LogP contribution in [0, 0.1) is 0 Å². The van der Waals surface area contributed by atoms with Crippen LogP contribution in [0.25, 0.3) is 0 Å². The van der Waals surface area contributed by atoms with Gasteiger partial charge in [0.05, 0.1) is 11.1 Å². The lowest BCUT2D eigenvalue weighted by Crippen LogP contribution is -2.55. The molecule has 4 atom stereocenters. The molecule has 0 aromatic heterocycles. The average molecular weight is 296 g/mol. The van der Waals surface area contributed by atoms with Crippen LogP contribution in [0.3, 0.4) is 0 Å². The maximum atomic E-state index is 10.8. The minimum atomic E-state index is -0.527. The van der Waals surface area contributed by atoms with Crippen LogP contribution in [0.4, 0.5) is 0 Å². The Balaban J connectivity index is 1.90. The van der Waals surface area contributed by atoms with Gasteiger partial charge in [0.15, 0.2) is 0 Å². The Hall–Kier alpha value is -0.770. The summed E-state index contributed by atoms with van der Waals surface area (Å²) in [5.74, 6) is 0.648. The van der Waals surface area contributed by atoms with E-state index in [9.17, 15) is 5.11 Å². The van der Waals surface area contributed by atoms with Gasteiger partial charge in [-0.3, -0.25) is 4.90 Å². The number of hydrogen-bond acceptors (Lipinski definition) is 3. The maximum absolute atomic E-state index is 10.8. The first-order valence-corrected chi connectivity index (χ1v) is 7.84. The van der Waals surface area contributed by atoms with Crippen LogP contribution in [0.1, 0.15) is 44.8 Å². The quantitative estimate of drug-likeness (QED) is 0.862. The number of piperidine rings is 1. The number of fused-ring (bicyclic) bond motifs is 1. The molecule has 0 saturated carbocycles. The number of aliphatic hydroxyl groups is 1. The molecule has 0 amide bonds. The molecular weight excluding hydrogens is 274 g/mol. The summed E-state index contributed by atoms with van der Waals surface area (Å²) in [6, 6.07) is 6.59. The number of rotatable bonds is 1. The monoisotopic (exact) mass is 295 g/mol. The molecule has 1 saturated heterocycles. The Morgan fingerprint density at radius 3 is 2.65 bits per heavy atom. The van der Waals surface area contributed by atoms with Gasteiger partial charge in [0.2, 0.25) is 0 Å². The van der Waals surface area contributed by atoms with Gasteiger partial charge in [-0.05, 0) is 32.8 Å². The highest BCUT2D eigenvalue weighted by molar-refractivity contribution is 6.32. The Labute approximate surface area is 125 Å². The van der Waals surface area contributed by atoms with Gasteiger partial charge in [0.25, 0.3) is 0 Å². The number of ether oxygens (including phenoxy) is 1. The Kier molecular flexibility index (Phi) is 3.93. The lowest BCUT2D eigenvalue weighted by atomic mass is 9.90. The van der Waals surface area contributed by atoms with E-state index in [2.05, 4.69) is 18.7 Å². The summed E-state index contributed by atoms with van der Waals surface area (Å²) in [4.78, 5) is 2.43. The van der Waals surface area contributed by atoms with Crippen molar-refractivity contribution in [1.82, 2.24) is 4.90 Å². The molecule has 4 unspecified atom stereocenters. The third kappa shape index (κ3) is 2.32. The Morgan fingerprint density at radius 1 is 1.25 bits per heavy atom. The van der Waals surface area contributed by atoms with Crippen LogP contribution in [0.15, 0.2) is 18.2 Å². The second kappa shape index (κ2) is 5.55. The molecule has 1 fully saturated rings. The fourth-order valence-electron chi connectivity index (χ4n) is 3.72. The summed E-state index contributed by atoms with van der Waals surface area (Å²) in [6.07, 6.45) is 3.12. The molecular formula is C16H22ClNO2. The molecule has 4 heteroatoms. The van der Waals surface area contributed by atoms with Crippen LogP contribution < -0.4 is 4.74 Å². The van der Waals surface area contributed by atoms with E-state index in [0.29, 0.717) is 29.5 Å². The molecule has 0 spiro atoms. The molecule has 1 aromatic carbocycles. The molecule has 2 heterocycles. The van der Waals surface area contributed by atoms with Gasteiger partial charge in [-0.15, -0.1) is 0 Å². The van der Waals surface area contributed by atoms with Gasteiger partial charge >= 0.3 is 0 Å². The third-order valence-electron chi connectivity index (χ3n) is 4.72. The minimum Gasteiger partial charge on any atom is -0.490 e. The largest absolute Gasteiger partial charge is 0.490 e. The molecule has 0 aliphatic carbocycles. The van der Waals surface area contributed by atoms with Gasteiger partial charge in [0, 0.05) is 17.6 Å². The van der Waals surface area contributed by atoms with E-state index in [1.165, 1.54) is 19.3 Å². The normalized spacial score (nSPS) is 34.4. The van der Waals surface area contributed by atoms with E-state index >= 15 is 0 Å². The molecule has 20 heavy (non-hydrogen) atoms. The van der Waals surface area contributed by atoms with Crippen molar-refractivity contribution in [3.05, 3.63) is 28.8 Å². The van der Waals surface area contributed by atoms with Crippen molar-refractivity contribution in [2.75, 3.05) is 6.61 Å². The number of nitrogens with zero attached hydrogens (tertiary/aromatic N) is 1. The molecule has 1 N–H and O–H groups in total. The summed E-state index contributed by atoms with van der Waals surface area (Å²) in [5.41, 5.74) is 0.818. The summed E-state index contributed by atoms with van der Waals surface area (Å²) in [7, 11) is 0. The summed E-state index contributed by atoms with van der Waals surface area (Å²) < 4.78 is 5.85. The first kappa shape index (κ1) is 14.2. The fourth-order valence-corrected chi connectivity index (χ4v) is 3.96. The van der Waals surface area contributed by atoms with E-state index < -0.39 is 6.10 Å². The van der Waals surface area contributed by atoms with Crippen LogP contribution in [-0.2, 0) is 0 Å². The summed E-state index contributed by atoms with van der Waals surface area (Å²) in [6.45, 7) is 5.00. The van der Waals surface area contributed by atoms with Crippen molar-refractivity contribution in [2.24, 2.45) is 0 Å². The number of halogens is 1. The van der Waals surface area contributed by atoms with E-state index in [0.717, 1.165) is 5.56 Å². The number of aliphatic hydroxyl groups excluding tert-OH is 1. The van der Waals surface area contributed by atoms with Gasteiger partial charge in [0.1, 0.15) is 18.5 Å². The van der Waals surface area contributed by atoms with Crippen molar-refractivity contribution in [2.45, 2.75) is 57.3 Å².